The minimum absolute atomic E-state index is 0.0653. The molecule has 0 radical (unpaired) electrons. The number of piperazine rings is 1. The van der Waals surface area contributed by atoms with E-state index in [9.17, 15) is 23.3 Å². The van der Waals surface area contributed by atoms with Crippen LogP contribution in [0, 0.1) is 10.1 Å². The number of thiazole rings is 1. The van der Waals surface area contributed by atoms with Gasteiger partial charge in [-0.1, -0.05) is 24.7 Å². The molecule has 0 unspecified atom stereocenters. The quantitative estimate of drug-likeness (QED) is 0.280. The van der Waals surface area contributed by atoms with Gasteiger partial charge in [-0.3, -0.25) is 19.8 Å². The zero-order valence-corrected chi connectivity index (χ0v) is 23.1. The molecule has 0 bridgehead atoms. The predicted molar refractivity (Wildman–Crippen MR) is 148 cm³/mol. The lowest BCUT2D eigenvalue weighted by molar-refractivity contribution is -0.384. The number of carbonyl (C=O) groups is 1. The van der Waals surface area contributed by atoms with Crippen LogP contribution in [0.15, 0.2) is 47.4 Å². The maximum absolute atomic E-state index is 12.7. The molecule has 0 spiro atoms. The van der Waals surface area contributed by atoms with Gasteiger partial charge in [-0.15, -0.1) is 0 Å². The molecule has 0 saturated carbocycles. The van der Waals surface area contributed by atoms with Crippen molar-refractivity contribution in [3.63, 3.8) is 0 Å². The number of carbonyl (C=O) groups excluding carboxylic acids is 1. The van der Waals surface area contributed by atoms with Crippen molar-refractivity contribution in [2.24, 2.45) is 0 Å². The summed E-state index contributed by atoms with van der Waals surface area (Å²) in [6, 6.07) is 10.8. The second-order valence-corrected chi connectivity index (χ2v) is 12.2. The summed E-state index contributed by atoms with van der Waals surface area (Å²) in [6.45, 7) is 6.81. The van der Waals surface area contributed by atoms with Crippen molar-refractivity contribution in [2.75, 3.05) is 57.8 Å². The standard InChI is InChI=1S/C25H32N6O5S2/c1-3-4-12-28(2)38(35,36)21-8-5-19(6-9-21)24(32)26-11-13-29-14-16-30(17-15-29)25-27-22-10-7-20(31(33)34)18-23(22)37-25/h5-10,18H,3-4,11-17H2,1-2H3,(H,26,32). The Morgan fingerprint density at radius 2 is 1.87 bits per heavy atom. The highest BCUT2D eigenvalue weighted by Gasteiger charge is 2.22. The monoisotopic (exact) mass is 560 g/mol. The summed E-state index contributed by atoms with van der Waals surface area (Å²) in [7, 11) is -1.99. The summed E-state index contributed by atoms with van der Waals surface area (Å²) in [5.74, 6) is -0.240. The molecule has 11 nitrogen and oxygen atoms in total. The maximum Gasteiger partial charge on any atom is 0.270 e. The third-order valence-corrected chi connectivity index (χ3v) is 9.53. The van der Waals surface area contributed by atoms with E-state index in [2.05, 4.69) is 20.1 Å². The number of non-ortho nitro benzene ring substituents is 1. The van der Waals surface area contributed by atoms with Gasteiger partial charge in [0.25, 0.3) is 11.6 Å². The number of nitro groups is 1. The van der Waals surface area contributed by atoms with Gasteiger partial charge in [-0.05, 0) is 36.8 Å². The topological polar surface area (TPSA) is 129 Å². The molecular formula is C25H32N6O5S2. The van der Waals surface area contributed by atoms with Crippen molar-refractivity contribution in [3.8, 4) is 0 Å². The van der Waals surface area contributed by atoms with Gasteiger partial charge in [-0.25, -0.2) is 17.7 Å². The van der Waals surface area contributed by atoms with Crippen molar-refractivity contribution in [2.45, 2.75) is 24.7 Å². The number of benzene rings is 2. The average molecular weight is 561 g/mol. The number of rotatable bonds is 11. The molecule has 1 aliphatic rings. The molecule has 1 saturated heterocycles. The number of hydrogen-bond acceptors (Lipinski definition) is 9. The average Bonchev–Trinajstić information content (AvgIpc) is 3.35. The predicted octanol–water partition coefficient (Wildman–Crippen LogP) is 3.18. The number of nitrogens with one attached hydrogen (secondary N) is 1. The molecule has 38 heavy (non-hydrogen) atoms. The first-order valence-corrected chi connectivity index (χ1v) is 14.8. The highest BCUT2D eigenvalue weighted by Crippen LogP contribution is 2.31. The van der Waals surface area contributed by atoms with E-state index in [1.807, 2.05) is 6.92 Å². The number of anilines is 1. The summed E-state index contributed by atoms with van der Waals surface area (Å²) in [4.78, 5) is 32.4. The second kappa shape index (κ2) is 12.2. The van der Waals surface area contributed by atoms with Crippen LogP contribution in [0.5, 0.6) is 0 Å². The molecule has 2 aromatic carbocycles. The van der Waals surface area contributed by atoms with E-state index in [0.29, 0.717) is 25.2 Å². The molecule has 3 aromatic rings. The van der Waals surface area contributed by atoms with Gasteiger partial charge in [0.05, 0.1) is 20.0 Å². The number of nitrogens with zero attached hydrogens (tertiary/aromatic N) is 5. The van der Waals surface area contributed by atoms with Crippen LogP contribution in [0.4, 0.5) is 10.8 Å². The highest BCUT2D eigenvalue weighted by atomic mass is 32.2. The van der Waals surface area contributed by atoms with Crippen LogP contribution in [0.25, 0.3) is 10.2 Å². The number of hydrogen-bond donors (Lipinski definition) is 1. The molecular weight excluding hydrogens is 528 g/mol. The van der Waals surface area contributed by atoms with Crippen molar-refractivity contribution in [1.29, 1.82) is 0 Å². The van der Waals surface area contributed by atoms with Gasteiger partial charge in [-0.2, -0.15) is 0 Å². The van der Waals surface area contributed by atoms with E-state index in [-0.39, 0.29) is 16.5 Å². The molecule has 0 aliphatic carbocycles. The van der Waals surface area contributed by atoms with Crippen molar-refractivity contribution in [3.05, 3.63) is 58.1 Å². The summed E-state index contributed by atoms with van der Waals surface area (Å²) >= 11 is 1.46. The van der Waals surface area contributed by atoms with Gasteiger partial charge in [0.15, 0.2) is 5.13 Å². The van der Waals surface area contributed by atoms with E-state index in [0.717, 1.165) is 54.4 Å². The summed E-state index contributed by atoms with van der Waals surface area (Å²) in [5, 5.41) is 14.8. The van der Waals surface area contributed by atoms with Gasteiger partial charge < -0.3 is 10.2 Å². The van der Waals surface area contributed by atoms with Gasteiger partial charge in [0, 0.05) is 70.6 Å². The zero-order chi connectivity index (χ0) is 27.3. The van der Waals surface area contributed by atoms with Crippen molar-refractivity contribution >= 4 is 48.3 Å². The van der Waals surface area contributed by atoms with Crippen LogP contribution in [0.2, 0.25) is 0 Å². The van der Waals surface area contributed by atoms with Crippen LogP contribution < -0.4 is 10.2 Å². The van der Waals surface area contributed by atoms with E-state index >= 15 is 0 Å². The van der Waals surface area contributed by atoms with Crippen molar-refractivity contribution < 1.29 is 18.1 Å². The fraction of sp³-hybridized carbons (Fsp3) is 0.440. The first-order valence-electron chi connectivity index (χ1n) is 12.6. The molecule has 0 atom stereocenters. The summed E-state index contributed by atoms with van der Waals surface area (Å²) < 4.78 is 27.4. The molecule has 1 aliphatic heterocycles. The largest absolute Gasteiger partial charge is 0.351 e. The molecule has 1 fully saturated rings. The van der Waals surface area contributed by atoms with E-state index in [1.54, 1.807) is 31.3 Å². The van der Waals surface area contributed by atoms with E-state index in [1.165, 1.54) is 33.8 Å². The smallest absolute Gasteiger partial charge is 0.270 e. The zero-order valence-electron chi connectivity index (χ0n) is 21.5. The Balaban J connectivity index is 1.23. The number of sulfonamides is 1. The van der Waals surface area contributed by atoms with Crippen LogP contribution in [0.1, 0.15) is 30.1 Å². The maximum atomic E-state index is 12.7. The Labute approximate surface area is 226 Å². The third-order valence-electron chi connectivity index (χ3n) is 6.58. The third kappa shape index (κ3) is 6.46. The summed E-state index contributed by atoms with van der Waals surface area (Å²) in [6.07, 6.45) is 1.70. The molecule has 204 valence electrons. The minimum Gasteiger partial charge on any atom is -0.351 e. The summed E-state index contributed by atoms with van der Waals surface area (Å²) in [5.41, 5.74) is 1.24. The van der Waals surface area contributed by atoms with E-state index < -0.39 is 14.9 Å². The normalized spacial score (nSPS) is 14.8. The molecule has 2 heterocycles. The number of unbranched alkanes of at least 4 members (excludes halogenated alkanes) is 1. The molecule has 1 aromatic heterocycles. The number of amides is 1. The molecule has 1 N–H and O–H groups in total. The number of nitro benzene ring substituents is 1. The van der Waals surface area contributed by atoms with Crippen molar-refractivity contribution in [1.82, 2.24) is 19.5 Å². The fourth-order valence-electron chi connectivity index (χ4n) is 4.20. The molecule has 4 rings (SSSR count). The minimum atomic E-state index is -3.56. The van der Waals surface area contributed by atoms with Gasteiger partial charge >= 0.3 is 0 Å². The lowest BCUT2D eigenvalue weighted by atomic mass is 10.2. The number of fused-ring (bicyclic) bond motifs is 1. The van der Waals surface area contributed by atoms with Gasteiger partial charge in [0.2, 0.25) is 10.0 Å². The Hall–Kier alpha value is -3.13. The highest BCUT2D eigenvalue weighted by molar-refractivity contribution is 7.89. The Morgan fingerprint density at radius 1 is 1.16 bits per heavy atom. The lowest BCUT2D eigenvalue weighted by Crippen LogP contribution is -2.48. The molecule has 13 heteroatoms. The van der Waals surface area contributed by atoms with Gasteiger partial charge in [0.1, 0.15) is 0 Å². The lowest BCUT2D eigenvalue weighted by Gasteiger charge is -2.34. The SMILES string of the molecule is CCCCN(C)S(=O)(=O)c1ccc(C(=O)NCCN2CCN(c3nc4ccc([N+](=O)[O-])cc4s3)CC2)cc1. The first-order chi connectivity index (χ1) is 18.2. The van der Waals surface area contributed by atoms with E-state index in [4.69, 9.17) is 0 Å². The van der Waals surface area contributed by atoms with Crippen LogP contribution in [-0.2, 0) is 10.0 Å². The fourth-order valence-corrected chi connectivity index (χ4v) is 6.46. The Bertz CT molecular complexity index is 1380. The number of aromatic nitrogens is 1. The Kier molecular flexibility index (Phi) is 8.92. The second-order valence-electron chi connectivity index (χ2n) is 9.19. The van der Waals surface area contributed by atoms with Crippen LogP contribution >= 0.6 is 11.3 Å². The molecule has 1 amide bonds. The Morgan fingerprint density at radius 3 is 2.53 bits per heavy atom. The van der Waals surface area contributed by atoms with Crippen LogP contribution in [-0.4, -0.2) is 86.3 Å². The van der Waals surface area contributed by atoms with Crippen LogP contribution in [0.3, 0.4) is 0 Å². The first kappa shape index (κ1) is 27.9.